The Morgan fingerprint density at radius 2 is 1.94 bits per heavy atom. The molecule has 2 rings (SSSR count). The quantitative estimate of drug-likeness (QED) is 0.770. The maximum atomic E-state index is 3.82. The maximum Gasteiger partial charge on any atom is 0.00722 e. The third-order valence-electron chi connectivity index (χ3n) is 4.36. The van der Waals surface area contributed by atoms with Crippen molar-refractivity contribution >= 4 is 0 Å². The van der Waals surface area contributed by atoms with Crippen molar-refractivity contribution in [3.63, 3.8) is 0 Å². The van der Waals surface area contributed by atoms with Crippen LogP contribution in [0.2, 0.25) is 0 Å². The minimum absolute atomic E-state index is 0.573. The summed E-state index contributed by atoms with van der Waals surface area (Å²) in [4.78, 5) is 0. The van der Waals surface area contributed by atoms with E-state index >= 15 is 0 Å². The van der Waals surface area contributed by atoms with Crippen molar-refractivity contribution in [2.24, 2.45) is 11.3 Å². The molecule has 1 aliphatic carbocycles. The molecule has 2 heteroatoms. The standard InChI is InChI=1S/C14H28N2/c1-14(2)7-3-4-13(10-14)16-11-12-5-8-15-9-6-12/h12-13,15-16H,3-11H2,1-2H3. The second-order valence-corrected chi connectivity index (χ2v) is 6.56. The van der Waals surface area contributed by atoms with E-state index in [0.29, 0.717) is 5.41 Å². The van der Waals surface area contributed by atoms with Crippen molar-refractivity contribution in [1.29, 1.82) is 0 Å². The molecule has 2 fully saturated rings. The molecule has 2 N–H and O–H groups in total. The number of piperidine rings is 1. The first-order valence-corrected chi connectivity index (χ1v) is 7.10. The van der Waals surface area contributed by atoms with Gasteiger partial charge in [0.1, 0.15) is 0 Å². The molecular formula is C14H28N2. The molecule has 1 atom stereocenters. The van der Waals surface area contributed by atoms with Crippen LogP contribution in [0.1, 0.15) is 52.4 Å². The smallest absolute Gasteiger partial charge is 0.00722 e. The van der Waals surface area contributed by atoms with Gasteiger partial charge in [-0.3, -0.25) is 0 Å². The number of hydrogen-bond donors (Lipinski definition) is 2. The Hall–Kier alpha value is -0.0800. The van der Waals surface area contributed by atoms with E-state index in [4.69, 9.17) is 0 Å². The van der Waals surface area contributed by atoms with E-state index in [2.05, 4.69) is 24.5 Å². The molecule has 2 aliphatic rings. The molecule has 1 saturated heterocycles. The van der Waals surface area contributed by atoms with Gasteiger partial charge in [0.2, 0.25) is 0 Å². The third kappa shape index (κ3) is 3.74. The van der Waals surface area contributed by atoms with E-state index in [-0.39, 0.29) is 0 Å². The van der Waals surface area contributed by atoms with Gasteiger partial charge in [0.15, 0.2) is 0 Å². The molecule has 0 aromatic heterocycles. The normalized spacial score (nSPS) is 31.5. The summed E-state index contributed by atoms with van der Waals surface area (Å²) in [7, 11) is 0. The lowest BCUT2D eigenvalue weighted by Gasteiger charge is -2.36. The van der Waals surface area contributed by atoms with Gasteiger partial charge in [0, 0.05) is 6.04 Å². The largest absolute Gasteiger partial charge is 0.317 e. The fourth-order valence-corrected chi connectivity index (χ4v) is 3.29. The van der Waals surface area contributed by atoms with Gasteiger partial charge in [-0.2, -0.15) is 0 Å². The summed E-state index contributed by atoms with van der Waals surface area (Å²) in [5.74, 6) is 0.922. The van der Waals surface area contributed by atoms with Crippen LogP contribution in [0, 0.1) is 11.3 Å². The van der Waals surface area contributed by atoms with Crippen LogP contribution in [0.4, 0.5) is 0 Å². The zero-order chi connectivity index (χ0) is 11.4. The van der Waals surface area contributed by atoms with Crippen molar-refractivity contribution in [2.45, 2.75) is 58.4 Å². The average molecular weight is 224 g/mol. The molecule has 0 amide bonds. The molecule has 1 saturated carbocycles. The Kier molecular flexibility index (Phi) is 4.26. The summed E-state index contributed by atoms with van der Waals surface area (Å²) in [6, 6.07) is 0.790. The van der Waals surface area contributed by atoms with Crippen LogP contribution in [0.3, 0.4) is 0 Å². The Labute approximate surface area is 101 Å². The summed E-state index contributed by atoms with van der Waals surface area (Å²) in [5, 5.41) is 7.26. The molecule has 0 aromatic carbocycles. The number of nitrogens with one attached hydrogen (secondary N) is 2. The Balaban J connectivity index is 1.68. The van der Waals surface area contributed by atoms with Crippen molar-refractivity contribution in [3.8, 4) is 0 Å². The van der Waals surface area contributed by atoms with Gasteiger partial charge in [0.05, 0.1) is 0 Å². The first-order chi connectivity index (χ1) is 7.66. The maximum absolute atomic E-state index is 3.82. The van der Waals surface area contributed by atoms with Crippen LogP contribution >= 0.6 is 0 Å². The van der Waals surface area contributed by atoms with Crippen molar-refractivity contribution in [1.82, 2.24) is 10.6 Å². The van der Waals surface area contributed by atoms with E-state index in [0.717, 1.165) is 12.0 Å². The van der Waals surface area contributed by atoms with E-state index in [9.17, 15) is 0 Å². The van der Waals surface area contributed by atoms with Gasteiger partial charge < -0.3 is 10.6 Å². The topological polar surface area (TPSA) is 24.1 Å². The molecule has 1 aliphatic heterocycles. The SMILES string of the molecule is CC1(C)CCCC(NCC2CCNCC2)C1. The predicted octanol–water partition coefficient (Wildman–Crippen LogP) is 2.54. The van der Waals surface area contributed by atoms with Gasteiger partial charge in [0.25, 0.3) is 0 Å². The molecule has 1 unspecified atom stereocenters. The highest BCUT2D eigenvalue weighted by molar-refractivity contribution is 4.84. The highest BCUT2D eigenvalue weighted by Gasteiger charge is 2.28. The van der Waals surface area contributed by atoms with E-state index < -0.39 is 0 Å². The lowest BCUT2D eigenvalue weighted by atomic mass is 9.75. The summed E-state index contributed by atoms with van der Waals surface area (Å²) in [5.41, 5.74) is 0.573. The third-order valence-corrected chi connectivity index (χ3v) is 4.36. The van der Waals surface area contributed by atoms with Crippen molar-refractivity contribution in [2.75, 3.05) is 19.6 Å². The van der Waals surface area contributed by atoms with Gasteiger partial charge in [-0.15, -0.1) is 0 Å². The van der Waals surface area contributed by atoms with Crippen LogP contribution in [0.5, 0.6) is 0 Å². The minimum Gasteiger partial charge on any atom is -0.317 e. The average Bonchev–Trinajstić information content (AvgIpc) is 2.27. The fourth-order valence-electron chi connectivity index (χ4n) is 3.29. The molecule has 1 heterocycles. The molecule has 0 aromatic rings. The van der Waals surface area contributed by atoms with Gasteiger partial charge in [-0.05, 0) is 63.1 Å². The molecule has 2 nitrogen and oxygen atoms in total. The van der Waals surface area contributed by atoms with E-state index in [1.165, 1.54) is 58.2 Å². The fraction of sp³-hybridized carbons (Fsp3) is 1.00. The van der Waals surface area contributed by atoms with Gasteiger partial charge >= 0.3 is 0 Å². The summed E-state index contributed by atoms with van der Waals surface area (Å²) >= 11 is 0. The molecule has 0 bridgehead atoms. The van der Waals surface area contributed by atoms with Crippen LogP contribution < -0.4 is 10.6 Å². The molecule has 94 valence electrons. The monoisotopic (exact) mass is 224 g/mol. The highest BCUT2D eigenvalue weighted by atomic mass is 14.9. The van der Waals surface area contributed by atoms with Crippen molar-refractivity contribution in [3.05, 3.63) is 0 Å². The highest BCUT2D eigenvalue weighted by Crippen LogP contribution is 2.35. The zero-order valence-electron chi connectivity index (χ0n) is 11.0. The number of rotatable bonds is 3. The number of hydrogen-bond acceptors (Lipinski definition) is 2. The Morgan fingerprint density at radius 3 is 2.62 bits per heavy atom. The van der Waals surface area contributed by atoms with Gasteiger partial charge in [-0.1, -0.05) is 20.3 Å². The first kappa shape index (κ1) is 12.4. The summed E-state index contributed by atoms with van der Waals surface area (Å²) < 4.78 is 0. The molecule has 0 spiro atoms. The molecule has 0 radical (unpaired) electrons. The minimum atomic E-state index is 0.573. The second kappa shape index (κ2) is 5.50. The summed E-state index contributed by atoms with van der Waals surface area (Å²) in [6.07, 6.45) is 8.33. The molecular weight excluding hydrogens is 196 g/mol. The second-order valence-electron chi connectivity index (χ2n) is 6.56. The summed E-state index contributed by atoms with van der Waals surface area (Å²) in [6.45, 7) is 8.55. The van der Waals surface area contributed by atoms with Crippen LogP contribution in [0.15, 0.2) is 0 Å². The zero-order valence-corrected chi connectivity index (χ0v) is 11.0. The van der Waals surface area contributed by atoms with Crippen LogP contribution in [-0.4, -0.2) is 25.7 Å². The van der Waals surface area contributed by atoms with Crippen LogP contribution in [-0.2, 0) is 0 Å². The first-order valence-electron chi connectivity index (χ1n) is 7.10. The van der Waals surface area contributed by atoms with Crippen molar-refractivity contribution < 1.29 is 0 Å². The van der Waals surface area contributed by atoms with E-state index in [1.54, 1.807) is 0 Å². The van der Waals surface area contributed by atoms with E-state index in [1.807, 2.05) is 0 Å². The lowest BCUT2D eigenvalue weighted by molar-refractivity contribution is 0.191. The molecule has 16 heavy (non-hydrogen) atoms. The Morgan fingerprint density at radius 1 is 1.19 bits per heavy atom. The van der Waals surface area contributed by atoms with Crippen LogP contribution in [0.25, 0.3) is 0 Å². The lowest BCUT2D eigenvalue weighted by Crippen LogP contribution is -2.41. The predicted molar refractivity (Wildman–Crippen MR) is 69.6 cm³/mol. The van der Waals surface area contributed by atoms with Gasteiger partial charge in [-0.25, -0.2) is 0 Å². The Bertz CT molecular complexity index is 207.